The minimum Gasteiger partial charge on any atom is -0.481 e. The van der Waals surface area contributed by atoms with E-state index in [0.29, 0.717) is 6.42 Å². The quantitative estimate of drug-likeness (QED) is 0.617. The van der Waals surface area contributed by atoms with E-state index in [0.717, 1.165) is 22.3 Å². The molecule has 0 unspecified atom stereocenters. The Morgan fingerprint density at radius 1 is 1.03 bits per heavy atom. The summed E-state index contributed by atoms with van der Waals surface area (Å²) in [5.41, 5.74) is 4.52. The molecule has 0 saturated heterocycles. The van der Waals surface area contributed by atoms with Gasteiger partial charge in [-0.15, -0.1) is 0 Å². The van der Waals surface area contributed by atoms with Gasteiger partial charge in [-0.2, -0.15) is 0 Å². The number of nitrogens with one attached hydrogen (secondary N) is 1. The summed E-state index contributed by atoms with van der Waals surface area (Å²) in [6, 6.07) is 15.2. The molecule has 2 N–H and O–H groups in total. The average Bonchev–Trinajstić information content (AvgIpc) is 3.09. The molecule has 2 amide bonds. The molecule has 1 aliphatic rings. The molecule has 0 spiro atoms. The highest BCUT2D eigenvalue weighted by Crippen LogP contribution is 2.44. The van der Waals surface area contributed by atoms with E-state index in [2.05, 4.69) is 17.4 Å². The Hall–Kier alpha value is -3.35. The van der Waals surface area contributed by atoms with Gasteiger partial charge in [-0.1, -0.05) is 55.5 Å². The lowest BCUT2D eigenvalue weighted by Crippen LogP contribution is -2.51. The van der Waals surface area contributed by atoms with Gasteiger partial charge in [-0.3, -0.25) is 9.59 Å². The van der Waals surface area contributed by atoms with Crippen LogP contribution in [0.3, 0.4) is 0 Å². The number of alkyl carbamates (subject to hydrolysis) is 1. The monoisotopic (exact) mass is 438 g/mol. The van der Waals surface area contributed by atoms with Gasteiger partial charge in [0.1, 0.15) is 12.6 Å². The number of aliphatic carboxylic acids is 1. The van der Waals surface area contributed by atoms with E-state index in [1.54, 1.807) is 6.92 Å². The van der Waals surface area contributed by atoms with Crippen LogP contribution < -0.4 is 5.32 Å². The van der Waals surface area contributed by atoms with Crippen molar-refractivity contribution in [2.75, 3.05) is 13.2 Å². The molecule has 170 valence electrons. The van der Waals surface area contributed by atoms with Crippen LogP contribution in [0.4, 0.5) is 4.79 Å². The molecule has 0 saturated carbocycles. The van der Waals surface area contributed by atoms with Crippen LogP contribution in [0, 0.1) is 0 Å². The van der Waals surface area contributed by atoms with Crippen LogP contribution >= 0.6 is 0 Å². The van der Waals surface area contributed by atoms with Gasteiger partial charge in [0.05, 0.1) is 6.42 Å². The van der Waals surface area contributed by atoms with Crippen LogP contribution in [-0.4, -0.2) is 53.2 Å². The largest absolute Gasteiger partial charge is 0.481 e. The first-order chi connectivity index (χ1) is 15.3. The molecule has 1 aliphatic carbocycles. The van der Waals surface area contributed by atoms with Crippen LogP contribution in [0.25, 0.3) is 11.1 Å². The SMILES string of the molecule is CC[C@@H](NC(=O)OCC1c2ccccc2-c2ccccc21)C(=O)N(CCC(=O)O)C(C)C. The van der Waals surface area contributed by atoms with E-state index in [9.17, 15) is 14.4 Å². The van der Waals surface area contributed by atoms with Gasteiger partial charge >= 0.3 is 12.1 Å². The number of hydrogen-bond acceptors (Lipinski definition) is 4. The van der Waals surface area contributed by atoms with Crippen molar-refractivity contribution in [2.24, 2.45) is 0 Å². The molecular formula is C25H30N2O5. The van der Waals surface area contributed by atoms with Gasteiger partial charge in [0.25, 0.3) is 0 Å². The van der Waals surface area contributed by atoms with Gasteiger partial charge in [0.2, 0.25) is 5.91 Å². The maximum absolute atomic E-state index is 12.9. The van der Waals surface area contributed by atoms with Gasteiger partial charge in [-0.05, 0) is 42.5 Å². The Morgan fingerprint density at radius 2 is 1.59 bits per heavy atom. The number of hydrogen-bond donors (Lipinski definition) is 2. The summed E-state index contributed by atoms with van der Waals surface area (Å²) < 4.78 is 5.55. The number of carboxylic acids is 1. The number of rotatable bonds is 9. The van der Waals surface area contributed by atoms with Gasteiger partial charge in [0, 0.05) is 18.5 Å². The van der Waals surface area contributed by atoms with E-state index < -0.39 is 18.1 Å². The topological polar surface area (TPSA) is 95.9 Å². The molecule has 1 atom stereocenters. The van der Waals surface area contributed by atoms with Crippen molar-refractivity contribution >= 4 is 18.0 Å². The van der Waals surface area contributed by atoms with E-state index in [-0.39, 0.29) is 37.4 Å². The number of carboxylic acid groups (broad SMARTS) is 1. The minimum absolute atomic E-state index is 0.0633. The molecule has 2 aromatic carbocycles. The van der Waals surface area contributed by atoms with Crippen LogP contribution in [0.5, 0.6) is 0 Å². The predicted octanol–water partition coefficient (Wildman–Crippen LogP) is 4.02. The normalized spacial score (nSPS) is 13.2. The Kier molecular flexibility index (Phi) is 7.51. The first kappa shape index (κ1) is 23.3. The second-order valence-electron chi connectivity index (χ2n) is 8.20. The molecule has 7 nitrogen and oxygen atoms in total. The van der Waals surface area contributed by atoms with Gasteiger partial charge in [0.15, 0.2) is 0 Å². The van der Waals surface area contributed by atoms with Crippen molar-refractivity contribution in [2.45, 2.75) is 51.6 Å². The Morgan fingerprint density at radius 3 is 2.09 bits per heavy atom. The lowest BCUT2D eigenvalue weighted by Gasteiger charge is -2.30. The maximum Gasteiger partial charge on any atom is 0.407 e. The summed E-state index contributed by atoms with van der Waals surface area (Å²) in [6.07, 6.45) is -0.432. The van der Waals surface area contributed by atoms with Crippen molar-refractivity contribution in [3.8, 4) is 11.1 Å². The van der Waals surface area contributed by atoms with Crippen molar-refractivity contribution < 1.29 is 24.2 Å². The number of nitrogens with zero attached hydrogens (tertiary/aromatic N) is 1. The summed E-state index contributed by atoms with van der Waals surface area (Å²) in [4.78, 5) is 37.9. The van der Waals surface area contributed by atoms with E-state index in [1.165, 1.54) is 4.90 Å². The fourth-order valence-corrected chi connectivity index (χ4v) is 4.16. The maximum atomic E-state index is 12.9. The smallest absolute Gasteiger partial charge is 0.407 e. The highest BCUT2D eigenvalue weighted by Gasteiger charge is 2.30. The fourth-order valence-electron chi connectivity index (χ4n) is 4.16. The Bertz CT molecular complexity index is 942. The third-order valence-corrected chi connectivity index (χ3v) is 5.82. The predicted molar refractivity (Wildman–Crippen MR) is 121 cm³/mol. The van der Waals surface area contributed by atoms with E-state index in [1.807, 2.05) is 50.2 Å². The third-order valence-electron chi connectivity index (χ3n) is 5.82. The van der Waals surface area contributed by atoms with Crippen molar-refractivity contribution in [3.05, 3.63) is 59.7 Å². The molecule has 7 heteroatoms. The average molecular weight is 439 g/mol. The summed E-state index contributed by atoms with van der Waals surface area (Å²) in [6.45, 7) is 5.69. The molecule has 0 aromatic heterocycles. The highest BCUT2D eigenvalue weighted by atomic mass is 16.5. The molecule has 0 radical (unpaired) electrons. The van der Waals surface area contributed by atoms with Crippen LogP contribution in [0.1, 0.15) is 50.7 Å². The summed E-state index contributed by atoms with van der Waals surface area (Å²) in [5, 5.41) is 11.6. The molecule has 2 aromatic rings. The number of benzene rings is 2. The number of carbonyl (C=O) groups excluding carboxylic acids is 2. The van der Waals surface area contributed by atoms with Crippen molar-refractivity contribution in [3.63, 3.8) is 0 Å². The lowest BCUT2D eigenvalue weighted by molar-refractivity contribution is -0.139. The number of fused-ring (bicyclic) bond motifs is 3. The molecule has 0 bridgehead atoms. The zero-order chi connectivity index (χ0) is 23.3. The van der Waals surface area contributed by atoms with Gasteiger partial charge < -0.3 is 20.1 Å². The summed E-state index contributed by atoms with van der Waals surface area (Å²) in [7, 11) is 0. The van der Waals surface area contributed by atoms with E-state index >= 15 is 0 Å². The Balaban J connectivity index is 1.65. The van der Waals surface area contributed by atoms with Crippen LogP contribution in [-0.2, 0) is 14.3 Å². The van der Waals surface area contributed by atoms with E-state index in [4.69, 9.17) is 9.84 Å². The molecule has 0 fully saturated rings. The first-order valence-electron chi connectivity index (χ1n) is 11.0. The summed E-state index contributed by atoms with van der Waals surface area (Å²) in [5.74, 6) is -1.34. The lowest BCUT2D eigenvalue weighted by atomic mass is 9.98. The summed E-state index contributed by atoms with van der Waals surface area (Å²) >= 11 is 0. The number of amides is 2. The van der Waals surface area contributed by atoms with Crippen LogP contribution in [0.2, 0.25) is 0 Å². The number of carbonyl (C=O) groups is 3. The molecule has 3 rings (SSSR count). The minimum atomic E-state index is -0.971. The second kappa shape index (κ2) is 10.3. The van der Waals surface area contributed by atoms with Crippen molar-refractivity contribution in [1.29, 1.82) is 0 Å². The first-order valence-corrected chi connectivity index (χ1v) is 11.0. The Labute approximate surface area is 188 Å². The van der Waals surface area contributed by atoms with Gasteiger partial charge in [-0.25, -0.2) is 4.79 Å². The third kappa shape index (κ3) is 5.10. The molecule has 0 heterocycles. The second-order valence-corrected chi connectivity index (χ2v) is 8.20. The standard InChI is InChI=1S/C25H30N2O5/c1-4-22(24(30)27(16(2)3)14-13-23(28)29)26-25(31)32-15-21-19-11-7-5-9-17(19)18-10-6-8-12-20(18)21/h5-12,16,21-22H,4,13-15H2,1-3H3,(H,26,31)(H,28,29)/t22-/m1/s1. The highest BCUT2D eigenvalue weighted by molar-refractivity contribution is 5.86. The fraction of sp³-hybridized carbons (Fsp3) is 0.400. The van der Waals surface area contributed by atoms with Crippen molar-refractivity contribution in [1.82, 2.24) is 10.2 Å². The number of ether oxygens (including phenoxy) is 1. The van der Waals surface area contributed by atoms with Crippen LogP contribution in [0.15, 0.2) is 48.5 Å². The molecule has 0 aliphatic heterocycles. The molecular weight excluding hydrogens is 408 g/mol. The zero-order valence-electron chi connectivity index (χ0n) is 18.7. The zero-order valence-corrected chi connectivity index (χ0v) is 18.7. The molecule has 32 heavy (non-hydrogen) atoms.